The SMILES string of the molecule is O=C(Nc1scc(-c2ccccc2)c1C(=O)O)c1ccc(Cl)cc1. The van der Waals surface area contributed by atoms with Crippen molar-refractivity contribution in [3.05, 3.63) is 76.1 Å². The summed E-state index contributed by atoms with van der Waals surface area (Å²) >= 11 is 6.99. The number of carbonyl (C=O) groups excluding carboxylic acids is 1. The number of carboxylic acid groups (broad SMARTS) is 1. The van der Waals surface area contributed by atoms with Crippen LogP contribution in [0.15, 0.2) is 60.0 Å². The van der Waals surface area contributed by atoms with Crippen molar-refractivity contribution in [2.75, 3.05) is 5.32 Å². The molecule has 24 heavy (non-hydrogen) atoms. The second-order valence-corrected chi connectivity index (χ2v) is 6.30. The third-order valence-electron chi connectivity index (χ3n) is 3.42. The number of nitrogens with one attached hydrogen (secondary N) is 1. The van der Waals surface area contributed by atoms with Crippen LogP contribution in [0.1, 0.15) is 20.7 Å². The molecule has 2 N–H and O–H groups in total. The summed E-state index contributed by atoms with van der Waals surface area (Å²) in [6.45, 7) is 0. The number of carbonyl (C=O) groups is 2. The maximum absolute atomic E-state index is 12.3. The summed E-state index contributed by atoms with van der Waals surface area (Å²) in [4.78, 5) is 24.0. The van der Waals surface area contributed by atoms with Crippen molar-refractivity contribution < 1.29 is 14.7 Å². The van der Waals surface area contributed by atoms with E-state index in [0.29, 0.717) is 21.2 Å². The lowest BCUT2D eigenvalue weighted by molar-refractivity contribution is 0.0699. The van der Waals surface area contributed by atoms with E-state index in [-0.39, 0.29) is 11.5 Å². The number of carboxylic acids is 1. The Hall–Kier alpha value is -2.63. The smallest absolute Gasteiger partial charge is 0.339 e. The van der Waals surface area contributed by atoms with Gasteiger partial charge in [-0.2, -0.15) is 0 Å². The van der Waals surface area contributed by atoms with E-state index in [0.717, 1.165) is 5.56 Å². The first kappa shape index (κ1) is 16.2. The number of thiophene rings is 1. The van der Waals surface area contributed by atoms with Crippen LogP contribution in [0.4, 0.5) is 5.00 Å². The van der Waals surface area contributed by atoms with Gasteiger partial charge in [-0.05, 0) is 29.8 Å². The van der Waals surface area contributed by atoms with Gasteiger partial charge in [-0.15, -0.1) is 11.3 Å². The highest BCUT2D eigenvalue weighted by Crippen LogP contribution is 2.35. The Bertz CT molecular complexity index is 888. The number of hydrogen-bond acceptors (Lipinski definition) is 3. The maximum atomic E-state index is 12.3. The number of aromatic carboxylic acids is 1. The Morgan fingerprint density at radius 3 is 2.29 bits per heavy atom. The standard InChI is InChI=1S/C18H12ClNO3S/c19-13-8-6-12(7-9-13)16(21)20-17-15(18(22)23)14(10-24-17)11-4-2-1-3-5-11/h1-10H,(H,20,21)(H,22,23). The van der Waals surface area contributed by atoms with Crippen LogP contribution >= 0.6 is 22.9 Å². The van der Waals surface area contributed by atoms with E-state index < -0.39 is 5.97 Å². The van der Waals surface area contributed by atoms with Gasteiger partial charge in [0, 0.05) is 21.5 Å². The van der Waals surface area contributed by atoms with Gasteiger partial charge in [0.1, 0.15) is 10.6 Å². The van der Waals surface area contributed by atoms with Gasteiger partial charge in [-0.1, -0.05) is 41.9 Å². The number of amides is 1. The van der Waals surface area contributed by atoms with E-state index in [1.165, 1.54) is 11.3 Å². The molecular formula is C18H12ClNO3S. The maximum Gasteiger partial charge on any atom is 0.339 e. The Labute approximate surface area is 147 Å². The van der Waals surface area contributed by atoms with Crippen molar-refractivity contribution in [3.63, 3.8) is 0 Å². The summed E-state index contributed by atoms with van der Waals surface area (Å²) in [5.74, 6) is -1.46. The minimum atomic E-state index is -1.08. The summed E-state index contributed by atoms with van der Waals surface area (Å²) in [7, 11) is 0. The first-order valence-corrected chi connectivity index (χ1v) is 8.29. The molecule has 1 amide bonds. The molecule has 2 aromatic carbocycles. The fourth-order valence-electron chi connectivity index (χ4n) is 2.27. The minimum absolute atomic E-state index is 0.0912. The second kappa shape index (κ2) is 6.86. The number of benzene rings is 2. The van der Waals surface area contributed by atoms with E-state index in [1.807, 2.05) is 30.3 Å². The average molecular weight is 358 g/mol. The van der Waals surface area contributed by atoms with Gasteiger partial charge >= 0.3 is 5.97 Å². The normalized spacial score (nSPS) is 10.4. The minimum Gasteiger partial charge on any atom is -0.478 e. The summed E-state index contributed by atoms with van der Waals surface area (Å²) in [5.41, 5.74) is 1.87. The highest BCUT2D eigenvalue weighted by atomic mass is 35.5. The molecular weight excluding hydrogens is 346 g/mol. The highest BCUT2D eigenvalue weighted by Gasteiger charge is 2.21. The lowest BCUT2D eigenvalue weighted by atomic mass is 10.0. The Kier molecular flexibility index (Phi) is 4.64. The van der Waals surface area contributed by atoms with Crippen molar-refractivity contribution in [3.8, 4) is 11.1 Å². The molecule has 0 atom stereocenters. The molecule has 0 aliphatic rings. The van der Waals surface area contributed by atoms with Gasteiger partial charge in [-0.3, -0.25) is 4.79 Å². The van der Waals surface area contributed by atoms with Crippen molar-refractivity contribution in [1.29, 1.82) is 0 Å². The molecule has 0 saturated carbocycles. The van der Waals surface area contributed by atoms with Crippen molar-refractivity contribution >= 4 is 39.8 Å². The fourth-order valence-corrected chi connectivity index (χ4v) is 3.35. The number of halogens is 1. The van der Waals surface area contributed by atoms with Crippen molar-refractivity contribution in [1.82, 2.24) is 0 Å². The van der Waals surface area contributed by atoms with Crippen LogP contribution in [-0.2, 0) is 0 Å². The first-order chi connectivity index (χ1) is 11.6. The summed E-state index contributed by atoms with van der Waals surface area (Å²) < 4.78 is 0. The predicted molar refractivity (Wildman–Crippen MR) is 96.1 cm³/mol. The van der Waals surface area contributed by atoms with Crippen LogP contribution in [0.2, 0.25) is 5.02 Å². The number of anilines is 1. The van der Waals surface area contributed by atoms with Crippen molar-refractivity contribution in [2.24, 2.45) is 0 Å². The quantitative estimate of drug-likeness (QED) is 0.689. The molecule has 1 aromatic heterocycles. The molecule has 0 saturated heterocycles. The van der Waals surface area contributed by atoms with Crippen LogP contribution in [0.5, 0.6) is 0 Å². The third-order valence-corrected chi connectivity index (χ3v) is 4.57. The Morgan fingerprint density at radius 2 is 1.67 bits per heavy atom. The van der Waals surface area contributed by atoms with Crippen molar-refractivity contribution in [2.45, 2.75) is 0 Å². The highest BCUT2D eigenvalue weighted by molar-refractivity contribution is 7.15. The van der Waals surface area contributed by atoms with E-state index in [2.05, 4.69) is 5.32 Å². The summed E-state index contributed by atoms with van der Waals surface area (Å²) in [5, 5.41) is 14.8. The largest absolute Gasteiger partial charge is 0.478 e. The van der Waals surface area contributed by atoms with Gasteiger partial charge in [0.15, 0.2) is 0 Å². The zero-order chi connectivity index (χ0) is 17.1. The zero-order valence-corrected chi connectivity index (χ0v) is 13.9. The molecule has 1 heterocycles. The predicted octanol–water partition coefficient (Wildman–Crippen LogP) is 5.02. The number of rotatable bonds is 4. The summed E-state index contributed by atoms with van der Waals surface area (Å²) in [6.07, 6.45) is 0. The Balaban J connectivity index is 1.94. The monoisotopic (exact) mass is 357 g/mol. The van der Waals surface area contributed by atoms with E-state index in [4.69, 9.17) is 11.6 Å². The fraction of sp³-hybridized carbons (Fsp3) is 0. The van der Waals surface area contributed by atoms with Gasteiger partial charge in [-0.25, -0.2) is 4.79 Å². The third kappa shape index (κ3) is 3.32. The molecule has 4 nitrogen and oxygen atoms in total. The van der Waals surface area contributed by atoms with Crippen LogP contribution < -0.4 is 5.32 Å². The molecule has 0 aliphatic heterocycles. The molecule has 3 rings (SSSR count). The van der Waals surface area contributed by atoms with Crippen LogP contribution in [-0.4, -0.2) is 17.0 Å². The van der Waals surface area contributed by atoms with Crippen LogP contribution in [0.3, 0.4) is 0 Å². The molecule has 0 aliphatic carbocycles. The molecule has 6 heteroatoms. The molecule has 0 fully saturated rings. The summed E-state index contributed by atoms with van der Waals surface area (Å²) in [6, 6.07) is 15.6. The number of hydrogen-bond donors (Lipinski definition) is 2. The molecule has 0 spiro atoms. The molecule has 0 radical (unpaired) electrons. The Morgan fingerprint density at radius 1 is 1.00 bits per heavy atom. The first-order valence-electron chi connectivity index (χ1n) is 7.03. The van der Waals surface area contributed by atoms with E-state index >= 15 is 0 Å². The average Bonchev–Trinajstić information content (AvgIpc) is 3.00. The van der Waals surface area contributed by atoms with E-state index in [1.54, 1.807) is 29.6 Å². The second-order valence-electron chi connectivity index (χ2n) is 4.99. The molecule has 0 unspecified atom stereocenters. The van der Waals surface area contributed by atoms with Gasteiger partial charge < -0.3 is 10.4 Å². The van der Waals surface area contributed by atoms with Gasteiger partial charge in [0.2, 0.25) is 0 Å². The zero-order valence-electron chi connectivity index (χ0n) is 12.3. The van der Waals surface area contributed by atoms with Gasteiger partial charge in [0.05, 0.1) is 0 Å². The van der Waals surface area contributed by atoms with Crippen LogP contribution in [0.25, 0.3) is 11.1 Å². The molecule has 120 valence electrons. The molecule has 0 bridgehead atoms. The van der Waals surface area contributed by atoms with E-state index in [9.17, 15) is 14.7 Å². The van der Waals surface area contributed by atoms with Gasteiger partial charge in [0.25, 0.3) is 5.91 Å². The van der Waals surface area contributed by atoms with Crippen LogP contribution in [0, 0.1) is 0 Å². The molecule has 3 aromatic rings. The lowest BCUT2D eigenvalue weighted by Crippen LogP contribution is -2.13. The lowest BCUT2D eigenvalue weighted by Gasteiger charge is -2.06. The topological polar surface area (TPSA) is 66.4 Å².